The molecule has 1 aromatic rings. The summed E-state index contributed by atoms with van der Waals surface area (Å²) < 4.78 is 0. The summed E-state index contributed by atoms with van der Waals surface area (Å²) in [6.07, 6.45) is 1.18. The van der Waals surface area contributed by atoms with Gasteiger partial charge in [-0.2, -0.15) is 0 Å². The van der Waals surface area contributed by atoms with E-state index in [1.807, 2.05) is 0 Å². The van der Waals surface area contributed by atoms with E-state index in [-0.39, 0.29) is 12.4 Å². The Bertz CT molecular complexity index is 402. The second-order valence-electron chi connectivity index (χ2n) is 6.05. The summed E-state index contributed by atoms with van der Waals surface area (Å²) in [5.74, 6) is 0.720. The van der Waals surface area contributed by atoms with Crippen LogP contribution in [0.3, 0.4) is 0 Å². The van der Waals surface area contributed by atoms with Gasteiger partial charge in [-0.25, -0.2) is 0 Å². The summed E-state index contributed by atoms with van der Waals surface area (Å²) in [6.45, 7) is 12.5. The van der Waals surface area contributed by atoms with Crippen LogP contribution < -0.4 is 5.32 Å². The zero-order chi connectivity index (χ0) is 13.1. The van der Waals surface area contributed by atoms with E-state index in [0.717, 1.165) is 19.0 Å². The van der Waals surface area contributed by atoms with Crippen LogP contribution in [-0.4, -0.2) is 24.0 Å². The molecule has 0 aromatic heterocycles. The van der Waals surface area contributed by atoms with Crippen LogP contribution in [0.15, 0.2) is 18.2 Å². The summed E-state index contributed by atoms with van der Waals surface area (Å²) in [4.78, 5) is 2.57. The Labute approximate surface area is 124 Å². The van der Waals surface area contributed by atoms with E-state index in [1.165, 1.54) is 29.8 Å². The molecule has 0 bridgehead atoms. The van der Waals surface area contributed by atoms with Crippen LogP contribution in [-0.2, 0) is 13.0 Å². The summed E-state index contributed by atoms with van der Waals surface area (Å²) >= 11 is 0. The normalized spacial score (nSPS) is 13.6. The molecule has 0 aliphatic carbocycles. The van der Waals surface area contributed by atoms with Gasteiger partial charge < -0.3 is 5.32 Å². The molecule has 1 N–H and O–H groups in total. The summed E-state index contributed by atoms with van der Waals surface area (Å²) in [6, 6.07) is 7.33. The van der Waals surface area contributed by atoms with Gasteiger partial charge in [-0.1, -0.05) is 32.0 Å². The largest absolute Gasteiger partial charge is 0.384 e. The SMILES string of the molecule is CC(C)CN(Cc1cccc2c1NCC2)C(C)C.Cl. The standard InChI is InChI=1S/C16H26N2.ClH/c1-12(2)10-18(13(3)4)11-15-7-5-6-14-8-9-17-16(14)15;/h5-7,12-13,17H,8-11H2,1-4H3;1H. The molecule has 2 rings (SSSR count). The van der Waals surface area contributed by atoms with Gasteiger partial charge in [0.2, 0.25) is 0 Å². The van der Waals surface area contributed by atoms with E-state index >= 15 is 0 Å². The molecule has 0 amide bonds. The van der Waals surface area contributed by atoms with Crippen molar-refractivity contribution in [2.24, 2.45) is 5.92 Å². The van der Waals surface area contributed by atoms with Gasteiger partial charge in [0.05, 0.1) is 0 Å². The number of nitrogens with zero attached hydrogens (tertiary/aromatic N) is 1. The summed E-state index contributed by atoms with van der Waals surface area (Å²) in [5.41, 5.74) is 4.34. The van der Waals surface area contributed by atoms with Crippen molar-refractivity contribution in [3.05, 3.63) is 29.3 Å². The van der Waals surface area contributed by atoms with Gasteiger partial charge in [-0.05, 0) is 37.3 Å². The number of hydrogen-bond donors (Lipinski definition) is 1. The van der Waals surface area contributed by atoms with Crippen molar-refractivity contribution in [3.63, 3.8) is 0 Å². The van der Waals surface area contributed by atoms with Crippen LogP contribution in [0.4, 0.5) is 5.69 Å². The number of nitrogens with one attached hydrogen (secondary N) is 1. The predicted octanol–water partition coefficient (Wildman–Crippen LogP) is 3.94. The molecule has 19 heavy (non-hydrogen) atoms. The Morgan fingerprint density at radius 2 is 1.95 bits per heavy atom. The molecule has 108 valence electrons. The zero-order valence-electron chi connectivity index (χ0n) is 12.6. The molecule has 1 aliphatic heterocycles. The van der Waals surface area contributed by atoms with Gasteiger partial charge in [0.25, 0.3) is 0 Å². The fourth-order valence-corrected chi connectivity index (χ4v) is 2.69. The first kappa shape index (κ1) is 16.3. The van der Waals surface area contributed by atoms with Crippen LogP contribution in [0, 0.1) is 5.92 Å². The molecule has 0 saturated heterocycles. The molecule has 0 fully saturated rings. The van der Waals surface area contributed by atoms with Crippen LogP contribution >= 0.6 is 12.4 Å². The van der Waals surface area contributed by atoms with Crippen molar-refractivity contribution in [3.8, 4) is 0 Å². The highest BCUT2D eigenvalue weighted by atomic mass is 35.5. The molecule has 1 aliphatic rings. The molecule has 0 saturated carbocycles. The number of benzene rings is 1. The maximum atomic E-state index is 3.54. The molecule has 1 aromatic carbocycles. The Kier molecular flexibility index (Phi) is 6.15. The quantitative estimate of drug-likeness (QED) is 0.880. The van der Waals surface area contributed by atoms with E-state index < -0.39 is 0 Å². The molecule has 0 spiro atoms. The van der Waals surface area contributed by atoms with Gasteiger partial charge in [0.15, 0.2) is 0 Å². The third-order valence-corrected chi connectivity index (χ3v) is 3.64. The monoisotopic (exact) mass is 282 g/mol. The second kappa shape index (κ2) is 7.16. The highest BCUT2D eigenvalue weighted by molar-refractivity contribution is 5.85. The lowest BCUT2D eigenvalue weighted by molar-refractivity contribution is 0.189. The topological polar surface area (TPSA) is 15.3 Å². The molecule has 0 radical (unpaired) electrons. The van der Waals surface area contributed by atoms with Gasteiger partial charge >= 0.3 is 0 Å². The van der Waals surface area contributed by atoms with Crippen molar-refractivity contribution in [2.75, 3.05) is 18.4 Å². The van der Waals surface area contributed by atoms with E-state index in [4.69, 9.17) is 0 Å². The van der Waals surface area contributed by atoms with Crippen LogP contribution in [0.5, 0.6) is 0 Å². The van der Waals surface area contributed by atoms with E-state index in [2.05, 4.69) is 56.1 Å². The van der Waals surface area contributed by atoms with Crippen molar-refractivity contribution < 1.29 is 0 Å². The minimum absolute atomic E-state index is 0. The number of rotatable bonds is 5. The molecule has 3 heteroatoms. The third-order valence-electron chi connectivity index (χ3n) is 3.64. The van der Waals surface area contributed by atoms with Crippen LogP contribution in [0.2, 0.25) is 0 Å². The molecule has 1 heterocycles. The van der Waals surface area contributed by atoms with Gasteiger partial charge in [0.1, 0.15) is 0 Å². The molecular formula is C16H27ClN2. The highest BCUT2D eigenvalue weighted by Gasteiger charge is 2.17. The van der Waals surface area contributed by atoms with Crippen molar-refractivity contribution in [2.45, 2.75) is 46.7 Å². The number of fused-ring (bicyclic) bond motifs is 1. The molecule has 2 nitrogen and oxygen atoms in total. The lowest BCUT2D eigenvalue weighted by Crippen LogP contribution is -2.33. The third kappa shape index (κ3) is 4.12. The van der Waals surface area contributed by atoms with E-state index in [1.54, 1.807) is 0 Å². The minimum Gasteiger partial charge on any atom is -0.384 e. The first-order valence-electron chi connectivity index (χ1n) is 7.16. The first-order chi connectivity index (χ1) is 8.58. The van der Waals surface area contributed by atoms with Crippen LogP contribution in [0.1, 0.15) is 38.8 Å². The molecular weight excluding hydrogens is 256 g/mol. The number of anilines is 1. The summed E-state index contributed by atoms with van der Waals surface area (Å²) in [5, 5.41) is 3.54. The number of hydrogen-bond acceptors (Lipinski definition) is 2. The summed E-state index contributed by atoms with van der Waals surface area (Å²) in [7, 11) is 0. The van der Waals surface area contributed by atoms with Crippen molar-refractivity contribution >= 4 is 18.1 Å². The zero-order valence-corrected chi connectivity index (χ0v) is 13.4. The van der Waals surface area contributed by atoms with Gasteiger partial charge in [0, 0.05) is 31.4 Å². The Morgan fingerprint density at radius 3 is 2.58 bits per heavy atom. The number of para-hydroxylation sites is 1. The smallest absolute Gasteiger partial charge is 0.0419 e. The fraction of sp³-hybridized carbons (Fsp3) is 0.625. The second-order valence-corrected chi connectivity index (χ2v) is 6.05. The molecule has 0 atom stereocenters. The average molecular weight is 283 g/mol. The average Bonchev–Trinajstić information content (AvgIpc) is 2.76. The van der Waals surface area contributed by atoms with Gasteiger partial charge in [-0.3, -0.25) is 4.90 Å². The van der Waals surface area contributed by atoms with E-state index in [0.29, 0.717) is 6.04 Å². The Hall–Kier alpha value is -0.730. The fourth-order valence-electron chi connectivity index (χ4n) is 2.69. The van der Waals surface area contributed by atoms with Crippen LogP contribution in [0.25, 0.3) is 0 Å². The predicted molar refractivity (Wildman–Crippen MR) is 86.3 cm³/mol. The lowest BCUT2D eigenvalue weighted by Gasteiger charge is -2.29. The highest BCUT2D eigenvalue weighted by Crippen LogP contribution is 2.27. The minimum atomic E-state index is 0. The van der Waals surface area contributed by atoms with Gasteiger partial charge in [-0.15, -0.1) is 12.4 Å². The number of halogens is 1. The van der Waals surface area contributed by atoms with Crippen molar-refractivity contribution in [1.29, 1.82) is 0 Å². The Morgan fingerprint density at radius 1 is 1.21 bits per heavy atom. The first-order valence-corrected chi connectivity index (χ1v) is 7.16. The lowest BCUT2D eigenvalue weighted by atomic mass is 10.1. The maximum Gasteiger partial charge on any atom is 0.0419 e. The van der Waals surface area contributed by atoms with Crippen molar-refractivity contribution in [1.82, 2.24) is 4.90 Å². The van der Waals surface area contributed by atoms with E-state index in [9.17, 15) is 0 Å². The maximum absolute atomic E-state index is 3.54. The Balaban J connectivity index is 0.00000180. The molecule has 0 unspecified atom stereocenters.